The van der Waals surface area contributed by atoms with Crippen molar-refractivity contribution in [1.82, 2.24) is 5.32 Å². The molecule has 118 valence electrons. The van der Waals surface area contributed by atoms with Crippen molar-refractivity contribution in [3.05, 3.63) is 21.9 Å². The summed E-state index contributed by atoms with van der Waals surface area (Å²) < 4.78 is 0. The highest BCUT2D eigenvalue weighted by molar-refractivity contribution is 7.14. The number of primary amides is 1. The maximum absolute atomic E-state index is 11.9. The third kappa shape index (κ3) is 5.95. The molecule has 8 heteroatoms. The first-order chi connectivity index (χ1) is 10.1. The first kappa shape index (κ1) is 17.7. The molecule has 1 rings (SSSR count). The minimum Gasteiger partial charge on any atom is -0.480 e. The molecule has 2 amide bonds. The van der Waals surface area contributed by atoms with Crippen LogP contribution < -0.4 is 11.1 Å². The van der Waals surface area contributed by atoms with Crippen molar-refractivity contribution in [3.63, 3.8) is 0 Å². The predicted octanol–water partition coefficient (Wildman–Crippen LogP) is -0.0711. The van der Waals surface area contributed by atoms with Crippen LogP contribution in [-0.4, -0.2) is 39.6 Å². The Balaban J connectivity index is 2.81. The number of amides is 2. The summed E-state index contributed by atoms with van der Waals surface area (Å²) in [5.41, 5.74) is 3.79. The van der Waals surface area contributed by atoms with Gasteiger partial charge in [0.25, 0.3) is 5.91 Å². The molecule has 0 radical (unpaired) electrons. The lowest BCUT2D eigenvalue weighted by Gasteiger charge is -2.11. The number of nitrogens with two attached hydrogens (primary N) is 1. The number of aliphatic hydroxyl groups is 1. The van der Waals surface area contributed by atoms with E-state index < -0.39 is 35.8 Å². The Bertz CT molecular complexity index is 648. The first-order valence-corrected chi connectivity index (χ1v) is 7.07. The maximum Gasteiger partial charge on any atom is 0.326 e. The topological polar surface area (TPSA) is 130 Å². The second-order valence-electron chi connectivity index (χ2n) is 5.01. The van der Waals surface area contributed by atoms with Gasteiger partial charge >= 0.3 is 5.97 Å². The van der Waals surface area contributed by atoms with Crippen LogP contribution in [-0.2, 0) is 9.59 Å². The number of nitrogens with one attached hydrogen (secondary N) is 1. The van der Waals surface area contributed by atoms with Gasteiger partial charge in [0.1, 0.15) is 11.6 Å². The average Bonchev–Trinajstić information content (AvgIpc) is 2.82. The molecule has 1 aromatic heterocycles. The first-order valence-electron chi connectivity index (χ1n) is 6.26. The van der Waals surface area contributed by atoms with Crippen molar-refractivity contribution in [2.75, 3.05) is 0 Å². The summed E-state index contributed by atoms with van der Waals surface area (Å²) in [4.78, 5) is 34.5. The molecule has 0 aliphatic heterocycles. The van der Waals surface area contributed by atoms with Crippen molar-refractivity contribution in [2.24, 2.45) is 5.73 Å². The highest BCUT2D eigenvalue weighted by Crippen LogP contribution is 2.16. The zero-order valence-corrected chi connectivity index (χ0v) is 12.9. The standard InChI is InChI=1S/C14H16N2O5S/c1-14(2,21)6-5-8-3-4-10(22-8)12(18)16-9(13(19)20)7-11(15)17/h3-4,9,21H,7H2,1-2H3,(H2,15,17)(H,16,18)(H,19,20)/t9-/m1/s1. The molecule has 1 atom stereocenters. The fourth-order valence-electron chi connectivity index (χ4n) is 1.37. The number of carboxylic acid groups (broad SMARTS) is 1. The molecule has 0 spiro atoms. The van der Waals surface area contributed by atoms with Gasteiger partial charge in [-0.2, -0.15) is 0 Å². The van der Waals surface area contributed by atoms with E-state index in [1.807, 2.05) is 0 Å². The van der Waals surface area contributed by atoms with E-state index in [-0.39, 0.29) is 4.88 Å². The minimum atomic E-state index is -1.38. The van der Waals surface area contributed by atoms with Gasteiger partial charge in [-0.05, 0) is 26.0 Å². The van der Waals surface area contributed by atoms with Gasteiger partial charge in [0, 0.05) is 0 Å². The Kier molecular flexibility index (Phi) is 5.68. The lowest BCUT2D eigenvalue weighted by molar-refractivity contribution is -0.140. The van der Waals surface area contributed by atoms with Crippen LogP contribution in [0.25, 0.3) is 0 Å². The molecule has 0 aliphatic rings. The number of carbonyl (C=O) groups is 3. The second kappa shape index (κ2) is 7.06. The molecule has 0 aromatic carbocycles. The van der Waals surface area contributed by atoms with Gasteiger partial charge in [-0.3, -0.25) is 9.59 Å². The normalized spacial score (nSPS) is 12.0. The number of carboxylic acids is 1. The fourth-order valence-corrected chi connectivity index (χ4v) is 2.14. The van der Waals surface area contributed by atoms with Gasteiger partial charge in [0.05, 0.1) is 16.2 Å². The SMILES string of the molecule is CC(C)(O)C#Cc1ccc(C(=O)N[C@H](CC(N)=O)C(=O)O)s1. The monoisotopic (exact) mass is 324 g/mol. The third-order valence-electron chi connectivity index (χ3n) is 2.33. The van der Waals surface area contributed by atoms with E-state index in [0.717, 1.165) is 11.3 Å². The number of thiophene rings is 1. The Morgan fingerprint density at radius 2 is 2.05 bits per heavy atom. The second-order valence-corrected chi connectivity index (χ2v) is 6.09. The zero-order valence-electron chi connectivity index (χ0n) is 12.0. The van der Waals surface area contributed by atoms with Gasteiger partial charge in [-0.25, -0.2) is 4.79 Å². The summed E-state index contributed by atoms with van der Waals surface area (Å²) in [5.74, 6) is 2.53. The van der Waals surface area contributed by atoms with Crippen molar-refractivity contribution in [3.8, 4) is 11.8 Å². The Morgan fingerprint density at radius 1 is 1.41 bits per heavy atom. The molecule has 5 N–H and O–H groups in total. The Hall–Kier alpha value is -2.37. The van der Waals surface area contributed by atoms with Crippen LogP contribution in [0.5, 0.6) is 0 Å². The van der Waals surface area contributed by atoms with Crippen LogP contribution in [0.2, 0.25) is 0 Å². The summed E-state index contributed by atoms with van der Waals surface area (Å²) in [5, 5.41) is 20.7. The van der Waals surface area contributed by atoms with Crippen LogP contribution in [0.15, 0.2) is 12.1 Å². The van der Waals surface area contributed by atoms with Crippen molar-refractivity contribution < 1.29 is 24.6 Å². The molecule has 0 bridgehead atoms. The van der Waals surface area contributed by atoms with Crippen molar-refractivity contribution >= 4 is 29.1 Å². The lowest BCUT2D eigenvalue weighted by Crippen LogP contribution is -2.43. The summed E-state index contributed by atoms with van der Waals surface area (Å²) in [6, 6.07) is 1.69. The molecule has 22 heavy (non-hydrogen) atoms. The quantitative estimate of drug-likeness (QED) is 0.563. The molecule has 1 aromatic rings. The molecule has 0 aliphatic carbocycles. The highest BCUT2D eigenvalue weighted by Gasteiger charge is 2.23. The van der Waals surface area contributed by atoms with Gasteiger partial charge < -0.3 is 21.3 Å². The summed E-state index contributed by atoms with van der Waals surface area (Å²) in [6.45, 7) is 3.06. The van der Waals surface area contributed by atoms with E-state index in [0.29, 0.717) is 4.88 Å². The summed E-state index contributed by atoms with van der Waals surface area (Å²) in [6.07, 6.45) is -0.488. The predicted molar refractivity (Wildman–Crippen MR) is 80.2 cm³/mol. The Labute approximate surface area is 131 Å². The minimum absolute atomic E-state index is 0.246. The van der Waals surface area contributed by atoms with E-state index in [4.69, 9.17) is 10.8 Å². The largest absolute Gasteiger partial charge is 0.480 e. The van der Waals surface area contributed by atoms with Gasteiger partial charge in [0.15, 0.2) is 0 Å². The van der Waals surface area contributed by atoms with Gasteiger partial charge in [0.2, 0.25) is 5.91 Å². The molecular weight excluding hydrogens is 308 g/mol. The van der Waals surface area contributed by atoms with Gasteiger partial charge in [-0.1, -0.05) is 11.8 Å². The zero-order chi connectivity index (χ0) is 16.9. The highest BCUT2D eigenvalue weighted by atomic mass is 32.1. The molecular formula is C14H16N2O5S. The third-order valence-corrected chi connectivity index (χ3v) is 3.33. The summed E-state index contributed by atoms with van der Waals surface area (Å²) in [7, 11) is 0. The summed E-state index contributed by atoms with van der Waals surface area (Å²) >= 11 is 1.05. The number of hydrogen-bond donors (Lipinski definition) is 4. The maximum atomic E-state index is 11.9. The van der Waals surface area contributed by atoms with E-state index in [1.54, 1.807) is 6.07 Å². The van der Waals surface area contributed by atoms with E-state index in [2.05, 4.69) is 17.2 Å². The number of aliphatic carboxylic acids is 1. The van der Waals surface area contributed by atoms with Crippen LogP contribution >= 0.6 is 11.3 Å². The molecule has 0 fully saturated rings. The number of hydrogen-bond acceptors (Lipinski definition) is 5. The lowest BCUT2D eigenvalue weighted by atomic mass is 10.1. The smallest absolute Gasteiger partial charge is 0.326 e. The average molecular weight is 324 g/mol. The van der Waals surface area contributed by atoms with E-state index >= 15 is 0 Å². The fraction of sp³-hybridized carbons (Fsp3) is 0.357. The molecule has 1 heterocycles. The molecule has 7 nitrogen and oxygen atoms in total. The van der Waals surface area contributed by atoms with E-state index in [9.17, 15) is 19.5 Å². The van der Waals surface area contributed by atoms with Crippen LogP contribution in [0.1, 0.15) is 34.8 Å². The van der Waals surface area contributed by atoms with Crippen LogP contribution in [0.3, 0.4) is 0 Å². The van der Waals surface area contributed by atoms with E-state index in [1.165, 1.54) is 19.9 Å². The molecule has 0 saturated carbocycles. The molecule has 0 saturated heterocycles. The van der Waals surface area contributed by atoms with Crippen molar-refractivity contribution in [2.45, 2.75) is 31.9 Å². The number of carbonyl (C=O) groups excluding carboxylic acids is 2. The van der Waals surface area contributed by atoms with Crippen molar-refractivity contribution in [1.29, 1.82) is 0 Å². The van der Waals surface area contributed by atoms with Gasteiger partial charge in [-0.15, -0.1) is 11.3 Å². The van der Waals surface area contributed by atoms with Crippen LogP contribution in [0.4, 0.5) is 0 Å². The van der Waals surface area contributed by atoms with Crippen LogP contribution in [0, 0.1) is 11.8 Å². The number of rotatable bonds is 5. The Morgan fingerprint density at radius 3 is 2.55 bits per heavy atom. The molecule has 0 unspecified atom stereocenters.